The summed E-state index contributed by atoms with van der Waals surface area (Å²) in [7, 11) is -3.19. The minimum Gasteiger partial charge on any atom is -0.448 e. The van der Waals surface area contributed by atoms with Gasteiger partial charge in [-0.1, -0.05) is 19.9 Å². The number of esters is 1. The number of aromatic nitrogens is 2. The van der Waals surface area contributed by atoms with Crippen LogP contribution >= 0.6 is 0 Å². The number of sulfone groups is 1. The molecule has 0 spiro atoms. The molecule has 2 heterocycles. The van der Waals surface area contributed by atoms with Crippen molar-refractivity contribution in [2.24, 2.45) is 5.92 Å². The van der Waals surface area contributed by atoms with E-state index < -0.39 is 33.4 Å². The number of hydrogen-bond donors (Lipinski definition) is 1. The highest BCUT2D eigenvalue weighted by Gasteiger charge is 2.41. The number of rotatable bonds is 7. The number of hydrogen-bond acceptors (Lipinski definition) is 8. The lowest BCUT2D eigenvalue weighted by Gasteiger charge is -2.28. The van der Waals surface area contributed by atoms with Crippen LogP contribution in [0, 0.1) is 5.92 Å². The van der Waals surface area contributed by atoms with Crippen LogP contribution in [0.3, 0.4) is 0 Å². The average Bonchev–Trinajstić information content (AvgIpc) is 2.99. The first-order chi connectivity index (χ1) is 14.6. The smallest absolute Gasteiger partial charge is 0.339 e. The highest BCUT2D eigenvalue weighted by molar-refractivity contribution is 7.91. The van der Waals surface area contributed by atoms with Crippen LogP contribution in [-0.4, -0.2) is 53.4 Å². The van der Waals surface area contributed by atoms with E-state index in [0.717, 1.165) is 0 Å². The zero-order chi connectivity index (χ0) is 22.6. The quantitative estimate of drug-likeness (QED) is 0.640. The minimum absolute atomic E-state index is 0.0223. The Labute approximate surface area is 181 Å². The van der Waals surface area contributed by atoms with Crippen molar-refractivity contribution in [2.75, 3.05) is 11.5 Å². The van der Waals surface area contributed by atoms with Crippen LogP contribution in [0.2, 0.25) is 0 Å². The van der Waals surface area contributed by atoms with Crippen molar-refractivity contribution in [2.45, 2.75) is 38.8 Å². The second-order valence-corrected chi connectivity index (χ2v) is 10.3. The molecule has 0 aliphatic carbocycles. The Morgan fingerprint density at radius 3 is 2.61 bits per heavy atom. The number of ether oxygens (including phenoxy) is 2. The summed E-state index contributed by atoms with van der Waals surface area (Å²) in [6, 6.07) is 6.31. The molecule has 31 heavy (non-hydrogen) atoms. The van der Waals surface area contributed by atoms with Gasteiger partial charge in [0.1, 0.15) is 5.75 Å². The van der Waals surface area contributed by atoms with Crippen LogP contribution in [0.5, 0.6) is 11.6 Å². The molecule has 1 N–H and O–H groups in total. The fourth-order valence-electron chi connectivity index (χ4n) is 3.30. The number of amides is 1. The average molecular weight is 448 g/mol. The van der Waals surface area contributed by atoms with Crippen LogP contribution < -0.4 is 10.1 Å². The second-order valence-electron chi connectivity index (χ2n) is 8.14. The van der Waals surface area contributed by atoms with Crippen molar-refractivity contribution in [3.8, 4) is 11.6 Å². The standard InChI is InChI=1S/C21H25N3O6S/c1-14(2)18(19(25)24-21(3)7-10-31(27,28)13-21)30-20(26)15-5-4-6-16(11-15)29-17-12-22-8-9-23-17/h4-6,8-9,11-12,14,18H,7,10,13H2,1-3H3,(H,24,25). The summed E-state index contributed by atoms with van der Waals surface area (Å²) in [6.45, 7) is 5.18. The third kappa shape index (κ3) is 6.00. The molecule has 1 amide bonds. The van der Waals surface area contributed by atoms with Crippen molar-refractivity contribution in [1.29, 1.82) is 0 Å². The maximum absolute atomic E-state index is 12.8. The third-order valence-electron chi connectivity index (χ3n) is 4.86. The molecule has 2 atom stereocenters. The largest absolute Gasteiger partial charge is 0.448 e. The van der Waals surface area contributed by atoms with E-state index in [-0.39, 0.29) is 28.9 Å². The SMILES string of the molecule is CC(C)C(OC(=O)c1cccc(Oc2cnccn2)c1)C(=O)NC1(C)CCS(=O)(=O)C1. The monoisotopic (exact) mass is 447 g/mol. The van der Waals surface area contributed by atoms with Crippen molar-refractivity contribution in [3.63, 3.8) is 0 Å². The highest BCUT2D eigenvalue weighted by atomic mass is 32.2. The topological polar surface area (TPSA) is 125 Å². The van der Waals surface area contributed by atoms with E-state index in [2.05, 4.69) is 15.3 Å². The molecule has 1 saturated heterocycles. The first-order valence-corrected chi connectivity index (χ1v) is 11.7. The van der Waals surface area contributed by atoms with E-state index >= 15 is 0 Å². The number of carbonyl (C=O) groups excluding carboxylic acids is 2. The Hall–Kier alpha value is -3.01. The molecule has 1 fully saturated rings. The molecule has 0 bridgehead atoms. The summed E-state index contributed by atoms with van der Waals surface area (Å²) in [5, 5.41) is 2.76. The Morgan fingerprint density at radius 1 is 1.23 bits per heavy atom. The molecular formula is C21H25N3O6S. The van der Waals surface area contributed by atoms with Gasteiger partial charge in [-0.25, -0.2) is 18.2 Å². The zero-order valence-electron chi connectivity index (χ0n) is 17.6. The molecule has 2 unspecified atom stereocenters. The predicted molar refractivity (Wildman–Crippen MR) is 112 cm³/mol. The highest BCUT2D eigenvalue weighted by Crippen LogP contribution is 2.24. The maximum atomic E-state index is 12.8. The summed E-state index contributed by atoms with van der Waals surface area (Å²) >= 11 is 0. The molecule has 10 heteroatoms. The zero-order valence-corrected chi connectivity index (χ0v) is 18.4. The molecule has 0 saturated carbocycles. The van der Waals surface area contributed by atoms with Crippen molar-refractivity contribution >= 4 is 21.7 Å². The Balaban J connectivity index is 1.69. The number of carbonyl (C=O) groups is 2. The summed E-state index contributed by atoms with van der Waals surface area (Å²) in [4.78, 5) is 33.4. The molecule has 1 aromatic carbocycles. The van der Waals surface area contributed by atoms with Gasteiger partial charge < -0.3 is 14.8 Å². The van der Waals surface area contributed by atoms with Crippen LogP contribution in [0.25, 0.3) is 0 Å². The molecule has 9 nitrogen and oxygen atoms in total. The predicted octanol–water partition coefficient (Wildman–Crippen LogP) is 2.14. The van der Waals surface area contributed by atoms with Crippen molar-refractivity contribution < 1.29 is 27.5 Å². The molecular weight excluding hydrogens is 422 g/mol. The van der Waals surface area contributed by atoms with Gasteiger partial charge in [-0.2, -0.15) is 0 Å². The molecule has 2 aromatic rings. The van der Waals surface area contributed by atoms with Crippen LogP contribution in [0.1, 0.15) is 37.6 Å². The lowest BCUT2D eigenvalue weighted by molar-refractivity contribution is -0.133. The fraction of sp³-hybridized carbons (Fsp3) is 0.429. The Morgan fingerprint density at radius 2 is 2.00 bits per heavy atom. The van der Waals surface area contributed by atoms with Crippen molar-refractivity contribution in [3.05, 3.63) is 48.4 Å². The number of nitrogens with zero attached hydrogens (tertiary/aromatic N) is 2. The first kappa shape index (κ1) is 22.7. The molecule has 1 aliphatic heterocycles. The molecule has 166 valence electrons. The number of benzene rings is 1. The lowest BCUT2D eigenvalue weighted by Crippen LogP contribution is -2.52. The van der Waals surface area contributed by atoms with Crippen LogP contribution in [0.4, 0.5) is 0 Å². The van der Waals surface area contributed by atoms with Gasteiger partial charge in [0.25, 0.3) is 5.91 Å². The van der Waals surface area contributed by atoms with Gasteiger partial charge in [0.05, 0.1) is 28.8 Å². The van der Waals surface area contributed by atoms with Crippen molar-refractivity contribution in [1.82, 2.24) is 15.3 Å². The molecule has 1 aromatic heterocycles. The maximum Gasteiger partial charge on any atom is 0.339 e. The minimum atomic E-state index is -3.19. The van der Waals surface area contributed by atoms with E-state index in [1.165, 1.54) is 24.7 Å². The molecule has 3 rings (SSSR count). The third-order valence-corrected chi connectivity index (χ3v) is 6.76. The van der Waals surface area contributed by atoms with Gasteiger partial charge >= 0.3 is 5.97 Å². The van der Waals surface area contributed by atoms with Gasteiger partial charge in [0.2, 0.25) is 5.88 Å². The van der Waals surface area contributed by atoms with E-state index in [9.17, 15) is 18.0 Å². The van der Waals surface area contributed by atoms with E-state index in [4.69, 9.17) is 9.47 Å². The fourth-order valence-corrected chi connectivity index (χ4v) is 5.39. The summed E-state index contributed by atoms with van der Waals surface area (Å²) in [6.07, 6.45) is 3.68. The summed E-state index contributed by atoms with van der Waals surface area (Å²) in [5.74, 6) is -1.00. The van der Waals surface area contributed by atoms with Gasteiger partial charge in [-0.05, 0) is 37.5 Å². The number of nitrogens with one attached hydrogen (secondary N) is 1. The van der Waals surface area contributed by atoms with E-state index in [0.29, 0.717) is 12.2 Å². The Bertz CT molecular complexity index is 1060. The van der Waals surface area contributed by atoms with Gasteiger partial charge in [-0.15, -0.1) is 0 Å². The van der Waals surface area contributed by atoms with Gasteiger partial charge in [0, 0.05) is 12.4 Å². The molecule has 1 aliphatic rings. The molecule has 0 radical (unpaired) electrons. The van der Waals surface area contributed by atoms with E-state index in [1.54, 1.807) is 39.0 Å². The first-order valence-electron chi connectivity index (χ1n) is 9.84. The lowest BCUT2D eigenvalue weighted by atomic mass is 9.99. The van der Waals surface area contributed by atoms with Crippen LogP contribution in [0.15, 0.2) is 42.9 Å². The van der Waals surface area contributed by atoms with Gasteiger partial charge in [0.15, 0.2) is 15.9 Å². The second kappa shape index (κ2) is 9.01. The van der Waals surface area contributed by atoms with E-state index in [1.807, 2.05) is 0 Å². The van der Waals surface area contributed by atoms with Gasteiger partial charge in [-0.3, -0.25) is 9.78 Å². The summed E-state index contributed by atoms with van der Waals surface area (Å²) < 4.78 is 34.7. The Kier molecular flexibility index (Phi) is 6.59. The van der Waals surface area contributed by atoms with Crippen LogP contribution in [-0.2, 0) is 19.4 Å². The summed E-state index contributed by atoms with van der Waals surface area (Å²) in [5.41, 5.74) is -0.672. The normalized spacial score (nSPS) is 20.8.